The number of anilines is 1. The van der Waals surface area contributed by atoms with Crippen molar-refractivity contribution in [2.75, 3.05) is 5.32 Å². The molecule has 0 radical (unpaired) electrons. The molecule has 0 aliphatic carbocycles. The van der Waals surface area contributed by atoms with Crippen molar-refractivity contribution in [3.05, 3.63) is 69.0 Å². The molecule has 88 valence electrons. The van der Waals surface area contributed by atoms with E-state index in [1.165, 1.54) is 30.5 Å². The van der Waals surface area contributed by atoms with Crippen LogP contribution in [0.1, 0.15) is 0 Å². The Morgan fingerprint density at radius 2 is 1.71 bits per heavy atom. The lowest BCUT2D eigenvalue weighted by Crippen LogP contribution is -1.90. The Kier molecular flexibility index (Phi) is 4.37. The quantitative estimate of drug-likeness (QED) is 0.479. The summed E-state index contributed by atoms with van der Waals surface area (Å²) >= 11 is 0. The van der Waals surface area contributed by atoms with Crippen molar-refractivity contribution < 1.29 is 9.85 Å². The Morgan fingerprint density at radius 1 is 1.06 bits per heavy atom. The normalized spacial score (nSPS) is 10.8. The molecule has 0 unspecified atom stereocenters. The summed E-state index contributed by atoms with van der Waals surface area (Å²) in [5, 5.41) is 23.1. The molecular formula is C10H9N3O4. The van der Waals surface area contributed by atoms with Crippen molar-refractivity contribution in [1.82, 2.24) is 0 Å². The number of hydrogen-bond acceptors (Lipinski definition) is 5. The number of non-ortho nitro benzene ring substituents is 1. The Morgan fingerprint density at radius 3 is 2.24 bits per heavy atom. The molecular weight excluding hydrogens is 226 g/mol. The van der Waals surface area contributed by atoms with Gasteiger partial charge in [-0.25, -0.2) is 0 Å². The second kappa shape index (κ2) is 6.01. The number of nitro benzene ring substituents is 1. The van der Waals surface area contributed by atoms with Gasteiger partial charge in [-0.2, -0.15) is 0 Å². The molecule has 0 aliphatic heterocycles. The van der Waals surface area contributed by atoms with Crippen molar-refractivity contribution in [3.63, 3.8) is 0 Å². The predicted molar refractivity (Wildman–Crippen MR) is 62.0 cm³/mol. The highest BCUT2D eigenvalue weighted by Crippen LogP contribution is 2.15. The number of nitrogens with zero attached hydrogens (tertiary/aromatic N) is 2. The average molecular weight is 235 g/mol. The first-order valence-corrected chi connectivity index (χ1v) is 4.57. The number of nitrogens with one attached hydrogen (secondary N) is 1. The van der Waals surface area contributed by atoms with E-state index in [9.17, 15) is 20.2 Å². The van der Waals surface area contributed by atoms with Gasteiger partial charge in [-0.15, -0.1) is 0 Å². The van der Waals surface area contributed by atoms with E-state index < -0.39 is 9.85 Å². The summed E-state index contributed by atoms with van der Waals surface area (Å²) in [6.07, 6.45) is 5.00. The monoisotopic (exact) mass is 235 g/mol. The predicted octanol–water partition coefficient (Wildman–Crippen LogP) is 2.31. The van der Waals surface area contributed by atoms with Crippen LogP contribution in [0.2, 0.25) is 0 Å². The molecule has 0 aliphatic rings. The Bertz CT molecular complexity index is 465. The summed E-state index contributed by atoms with van der Waals surface area (Å²) < 4.78 is 0. The summed E-state index contributed by atoms with van der Waals surface area (Å²) in [5.74, 6) is 0. The fraction of sp³-hybridized carbons (Fsp3) is 0. The van der Waals surface area contributed by atoms with Crippen LogP contribution in [-0.2, 0) is 0 Å². The van der Waals surface area contributed by atoms with Crippen LogP contribution in [0.3, 0.4) is 0 Å². The van der Waals surface area contributed by atoms with E-state index in [0.29, 0.717) is 5.69 Å². The maximum Gasteiger partial charge on any atom is 0.269 e. The Hall–Kier alpha value is -2.70. The minimum atomic E-state index is -0.573. The van der Waals surface area contributed by atoms with Crippen molar-refractivity contribution in [1.29, 1.82) is 0 Å². The first-order valence-electron chi connectivity index (χ1n) is 4.57. The second-order valence-electron chi connectivity index (χ2n) is 2.93. The lowest BCUT2D eigenvalue weighted by Gasteiger charge is -1.98. The molecule has 7 nitrogen and oxygen atoms in total. The van der Waals surface area contributed by atoms with Gasteiger partial charge in [-0.3, -0.25) is 20.2 Å². The summed E-state index contributed by atoms with van der Waals surface area (Å²) in [4.78, 5) is 19.2. The van der Waals surface area contributed by atoms with Crippen LogP contribution in [0, 0.1) is 20.2 Å². The van der Waals surface area contributed by atoms with Crippen molar-refractivity contribution in [3.8, 4) is 0 Å². The van der Waals surface area contributed by atoms with Crippen LogP contribution in [-0.4, -0.2) is 9.85 Å². The molecule has 1 rings (SSSR count). The second-order valence-corrected chi connectivity index (χ2v) is 2.93. The molecule has 0 saturated heterocycles. The molecule has 0 spiro atoms. The summed E-state index contributed by atoms with van der Waals surface area (Å²) in [6, 6.07) is 5.81. The van der Waals surface area contributed by atoms with Gasteiger partial charge < -0.3 is 5.32 Å². The molecule has 0 aromatic heterocycles. The molecule has 0 bridgehead atoms. The van der Waals surface area contributed by atoms with E-state index in [0.717, 1.165) is 6.20 Å². The number of nitro groups is 2. The van der Waals surface area contributed by atoms with E-state index in [2.05, 4.69) is 5.32 Å². The van der Waals surface area contributed by atoms with E-state index in [1.54, 1.807) is 12.1 Å². The highest BCUT2D eigenvalue weighted by atomic mass is 16.6. The van der Waals surface area contributed by atoms with Gasteiger partial charge in [0.1, 0.15) is 0 Å². The van der Waals surface area contributed by atoms with Gasteiger partial charge in [0.05, 0.1) is 9.85 Å². The van der Waals surface area contributed by atoms with Gasteiger partial charge in [-0.1, -0.05) is 0 Å². The number of hydrogen-bond donors (Lipinski definition) is 1. The van der Waals surface area contributed by atoms with Crippen molar-refractivity contribution >= 4 is 11.4 Å². The molecule has 0 amide bonds. The molecule has 1 aromatic rings. The van der Waals surface area contributed by atoms with Crippen molar-refractivity contribution in [2.45, 2.75) is 0 Å². The zero-order valence-corrected chi connectivity index (χ0v) is 8.65. The van der Waals surface area contributed by atoms with Crippen LogP contribution in [0.25, 0.3) is 0 Å². The van der Waals surface area contributed by atoms with E-state index in [-0.39, 0.29) is 5.69 Å². The number of rotatable bonds is 5. The topological polar surface area (TPSA) is 98.3 Å². The molecule has 1 aromatic carbocycles. The van der Waals surface area contributed by atoms with Crippen molar-refractivity contribution in [2.24, 2.45) is 0 Å². The maximum absolute atomic E-state index is 10.4. The SMILES string of the molecule is O=[N+]([O-])/C=C/C=C/Nc1ccc([N+](=O)[O-])cc1. The fourth-order valence-electron chi connectivity index (χ4n) is 0.999. The van der Waals surface area contributed by atoms with Crippen LogP contribution in [0.5, 0.6) is 0 Å². The zero-order valence-electron chi connectivity index (χ0n) is 8.65. The maximum atomic E-state index is 10.4. The molecule has 7 heteroatoms. The lowest BCUT2D eigenvalue weighted by atomic mass is 10.3. The Labute approximate surface area is 96.4 Å². The molecule has 0 saturated carbocycles. The number of benzene rings is 1. The summed E-state index contributed by atoms with van der Waals surface area (Å²) in [5.41, 5.74) is 0.661. The molecule has 0 heterocycles. The first-order chi connectivity index (χ1) is 8.09. The third-order valence-electron chi connectivity index (χ3n) is 1.74. The summed E-state index contributed by atoms with van der Waals surface area (Å²) in [7, 11) is 0. The third kappa shape index (κ3) is 4.56. The zero-order chi connectivity index (χ0) is 12.7. The molecule has 17 heavy (non-hydrogen) atoms. The van der Waals surface area contributed by atoms with Gasteiger partial charge in [0.15, 0.2) is 0 Å². The standard InChI is InChI=1S/C10H9N3O4/c14-12(15)8-2-1-7-11-9-3-5-10(6-4-9)13(16)17/h1-8,11H/b7-1+,8-2+. The average Bonchev–Trinajstić information content (AvgIpc) is 2.29. The molecule has 0 atom stereocenters. The largest absolute Gasteiger partial charge is 0.362 e. The first kappa shape index (κ1) is 12.4. The minimum Gasteiger partial charge on any atom is -0.362 e. The van der Waals surface area contributed by atoms with E-state index >= 15 is 0 Å². The van der Waals surface area contributed by atoms with E-state index in [1.807, 2.05) is 0 Å². The van der Waals surface area contributed by atoms with Crippen LogP contribution in [0.15, 0.2) is 48.8 Å². The lowest BCUT2D eigenvalue weighted by molar-refractivity contribution is -0.402. The van der Waals surface area contributed by atoms with Gasteiger partial charge in [0.25, 0.3) is 5.69 Å². The summed E-state index contributed by atoms with van der Waals surface area (Å²) in [6.45, 7) is 0. The van der Waals surface area contributed by atoms with Crippen LogP contribution >= 0.6 is 0 Å². The smallest absolute Gasteiger partial charge is 0.269 e. The third-order valence-corrected chi connectivity index (χ3v) is 1.74. The van der Waals surface area contributed by atoms with Gasteiger partial charge >= 0.3 is 0 Å². The number of allylic oxidation sites excluding steroid dienone is 2. The Balaban J connectivity index is 2.53. The van der Waals surface area contributed by atoms with E-state index in [4.69, 9.17) is 0 Å². The van der Waals surface area contributed by atoms with Crippen LogP contribution < -0.4 is 5.32 Å². The highest BCUT2D eigenvalue weighted by molar-refractivity contribution is 5.50. The highest BCUT2D eigenvalue weighted by Gasteiger charge is 2.02. The fourth-order valence-corrected chi connectivity index (χ4v) is 0.999. The van der Waals surface area contributed by atoms with Gasteiger partial charge in [0.2, 0.25) is 6.20 Å². The molecule has 0 fully saturated rings. The van der Waals surface area contributed by atoms with Crippen LogP contribution in [0.4, 0.5) is 11.4 Å². The van der Waals surface area contributed by atoms with Gasteiger partial charge in [0, 0.05) is 30.1 Å². The minimum absolute atomic E-state index is 0.00720. The van der Waals surface area contributed by atoms with Gasteiger partial charge in [-0.05, 0) is 18.2 Å². The molecule has 1 N–H and O–H groups in total.